The van der Waals surface area contributed by atoms with E-state index in [-0.39, 0.29) is 0 Å². The Morgan fingerprint density at radius 1 is 1.38 bits per heavy atom. The highest BCUT2D eigenvalue weighted by atomic mass is 16.4. The molecule has 0 radical (unpaired) electrons. The maximum Gasteiger partial charge on any atom is 0.326 e. The Morgan fingerprint density at radius 3 is 2.46 bits per heavy atom. The van der Waals surface area contributed by atoms with Crippen molar-refractivity contribution in [3.8, 4) is 0 Å². The number of aliphatic carboxylic acids is 1. The Labute approximate surface area is 75.3 Å². The molecule has 0 saturated carbocycles. The normalized spacial score (nSPS) is 21.6. The minimum Gasteiger partial charge on any atom is -0.480 e. The number of Topliss-reactive ketones (excluding diaryl/α,β-unsaturated/α-hetero) is 1. The van der Waals surface area contributed by atoms with E-state index in [1.54, 1.807) is 0 Å². The topological polar surface area (TPSA) is 74.7 Å². The number of amides is 1. The fourth-order valence-corrected chi connectivity index (χ4v) is 1.47. The smallest absolute Gasteiger partial charge is 0.326 e. The second kappa shape index (κ2) is 3.55. The maximum absolute atomic E-state index is 11.2. The van der Waals surface area contributed by atoms with Gasteiger partial charge in [0.05, 0.1) is 0 Å². The quantitative estimate of drug-likeness (QED) is 0.597. The molecule has 0 aliphatic carbocycles. The summed E-state index contributed by atoms with van der Waals surface area (Å²) in [5.41, 5.74) is 0. The third-order valence-electron chi connectivity index (χ3n) is 2.10. The molecule has 0 aromatic rings. The summed E-state index contributed by atoms with van der Waals surface area (Å²) in [6.45, 7) is 1.52. The van der Waals surface area contributed by atoms with Gasteiger partial charge in [-0.15, -0.1) is 0 Å². The van der Waals surface area contributed by atoms with E-state index in [1.165, 1.54) is 0 Å². The van der Waals surface area contributed by atoms with Gasteiger partial charge in [0.25, 0.3) is 5.91 Å². The molecular weight excluding hydrogens is 174 g/mol. The third-order valence-corrected chi connectivity index (χ3v) is 2.10. The zero-order valence-electron chi connectivity index (χ0n) is 7.32. The lowest BCUT2D eigenvalue weighted by Gasteiger charge is -2.19. The highest BCUT2D eigenvalue weighted by Crippen LogP contribution is 2.17. The van der Waals surface area contributed by atoms with Gasteiger partial charge in [-0.1, -0.05) is 0 Å². The number of carbonyl (C=O) groups is 3. The van der Waals surface area contributed by atoms with E-state index in [9.17, 15) is 14.4 Å². The fraction of sp³-hybridized carbons (Fsp3) is 0.625. The monoisotopic (exact) mass is 185 g/mol. The van der Waals surface area contributed by atoms with Crippen LogP contribution in [0.1, 0.15) is 19.8 Å². The average molecular weight is 185 g/mol. The summed E-state index contributed by atoms with van der Waals surface area (Å²) < 4.78 is 0. The van der Waals surface area contributed by atoms with E-state index in [0.29, 0.717) is 19.4 Å². The van der Waals surface area contributed by atoms with Gasteiger partial charge >= 0.3 is 5.97 Å². The number of carbonyl (C=O) groups excluding carboxylic acids is 2. The predicted octanol–water partition coefficient (Wildman–Crippen LogP) is -0.349. The number of nitrogens with zero attached hydrogens (tertiary/aromatic N) is 1. The van der Waals surface area contributed by atoms with Crippen LogP contribution in [0.3, 0.4) is 0 Å². The van der Waals surface area contributed by atoms with Crippen LogP contribution in [0.4, 0.5) is 0 Å². The molecule has 1 rings (SSSR count). The molecule has 1 fully saturated rings. The second-order valence-corrected chi connectivity index (χ2v) is 3.05. The van der Waals surface area contributed by atoms with Crippen molar-refractivity contribution in [1.82, 2.24) is 4.90 Å². The molecule has 1 amide bonds. The Bertz CT molecular complexity index is 261. The lowest BCUT2D eigenvalue weighted by atomic mass is 10.2. The molecule has 0 spiro atoms. The van der Waals surface area contributed by atoms with Crippen LogP contribution in [-0.2, 0) is 14.4 Å². The van der Waals surface area contributed by atoms with Crippen LogP contribution in [0, 0.1) is 0 Å². The van der Waals surface area contributed by atoms with Gasteiger partial charge in [0.2, 0.25) is 5.78 Å². The Hall–Kier alpha value is -1.39. The van der Waals surface area contributed by atoms with Crippen LogP contribution in [-0.4, -0.2) is 40.3 Å². The number of rotatable bonds is 2. The number of carboxylic acid groups (broad SMARTS) is 1. The maximum atomic E-state index is 11.2. The van der Waals surface area contributed by atoms with Crippen molar-refractivity contribution in [2.75, 3.05) is 6.54 Å². The minimum atomic E-state index is -1.04. The molecule has 5 nitrogen and oxygen atoms in total. The van der Waals surface area contributed by atoms with Gasteiger partial charge in [-0.2, -0.15) is 0 Å². The van der Waals surface area contributed by atoms with Crippen LogP contribution in [0.2, 0.25) is 0 Å². The Kier molecular flexibility index (Phi) is 2.65. The van der Waals surface area contributed by atoms with Gasteiger partial charge < -0.3 is 10.0 Å². The minimum absolute atomic E-state index is 0.370. The summed E-state index contributed by atoms with van der Waals surface area (Å²) in [6.07, 6.45) is 1.09. The summed E-state index contributed by atoms with van der Waals surface area (Å²) in [5.74, 6) is -2.33. The molecule has 1 aliphatic heterocycles. The summed E-state index contributed by atoms with van der Waals surface area (Å²) in [6, 6.07) is -0.809. The number of hydrogen-bond donors (Lipinski definition) is 1. The molecule has 1 aliphatic rings. The molecule has 0 bridgehead atoms. The van der Waals surface area contributed by atoms with Crippen LogP contribution in [0.15, 0.2) is 0 Å². The first-order valence-corrected chi connectivity index (χ1v) is 4.08. The van der Waals surface area contributed by atoms with E-state index in [0.717, 1.165) is 11.8 Å². The van der Waals surface area contributed by atoms with Crippen LogP contribution >= 0.6 is 0 Å². The molecule has 0 aromatic carbocycles. The number of likely N-dealkylation sites (tertiary alicyclic amines) is 1. The van der Waals surface area contributed by atoms with Crippen molar-refractivity contribution in [1.29, 1.82) is 0 Å². The first-order valence-electron chi connectivity index (χ1n) is 4.08. The molecule has 5 heteroatoms. The van der Waals surface area contributed by atoms with E-state index >= 15 is 0 Å². The Morgan fingerprint density at radius 2 is 2.00 bits per heavy atom. The predicted molar refractivity (Wildman–Crippen MR) is 43.1 cm³/mol. The second-order valence-electron chi connectivity index (χ2n) is 3.05. The van der Waals surface area contributed by atoms with Crippen molar-refractivity contribution >= 4 is 17.7 Å². The van der Waals surface area contributed by atoms with E-state index in [4.69, 9.17) is 5.11 Å². The number of hydrogen-bond acceptors (Lipinski definition) is 3. The van der Waals surface area contributed by atoms with Crippen molar-refractivity contribution in [2.45, 2.75) is 25.8 Å². The van der Waals surface area contributed by atoms with Gasteiger partial charge in [0, 0.05) is 13.5 Å². The van der Waals surface area contributed by atoms with Crippen LogP contribution in [0.25, 0.3) is 0 Å². The summed E-state index contributed by atoms with van der Waals surface area (Å²) >= 11 is 0. The van der Waals surface area contributed by atoms with Crippen molar-refractivity contribution in [2.24, 2.45) is 0 Å². The standard InChI is InChI=1S/C8H11NO4/c1-5(10)7(11)9-4-2-3-6(9)8(12)13/h6H,2-4H2,1H3,(H,12,13). The highest BCUT2D eigenvalue weighted by Gasteiger charge is 2.35. The third kappa shape index (κ3) is 1.85. The van der Waals surface area contributed by atoms with Crippen LogP contribution < -0.4 is 0 Å². The lowest BCUT2D eigenvalue weighted by molar-refractivity contribution is -0.151. The lowest BCUT2D eigenvalue weighted by Crippen LogP contribution is -2.43. The molecule has 1 unspecified atom stereocenters. The van der Waals surface area contributed by atoms with Crippen molar-refractivity contribution < 1.29 is 19.5 Å². The zero-order chi connectivity index (χ0) is 10.0. The molecule has 72 valence electrons. The van der Waals surface area contributed by atoms with E-state index in [2.05, 4.69) is 0 Å². The first kappa shape index (κ1) is 9.70. The molecule has 1 atom stereocenters. The largest absolute Gasteiger partial charge is 0.480 e. The Balaban J connectivity index is 2.74. The SMILES string of the molecule is CC(=O)C(=O)N1CCCC1C(=O)O. The molecule has 1 N–H and O–H groups in total. The molecule has 1 saturated heterocycles. The van der Waals surface area contributed by atoms with Gasteiger partial charge in [0.1, 0.15) is 6.04 Å². The number of ketones is 1. The van der Waals surface area contributed by atoms with Gasteiger partial charge in [-0.3, -0.25) is 9.59 Å². The number of carboxylic acids is 1. The van der Waals surface area contributed by atoms with Crippen molar-refractivity contribution in [3.63, 3.8) is 0 Å². The highest BCUT2D eigenvalue weighted by molar-refractivity contribution is 6.35. The van der Waals surface area contributed by atoms with Crippen molar-refractivity contribution in [3.05, 3.63) is 0 Å². The molecule has 1 heterocycles. The first-order chi connectivity index (χ1) is 6.04. The fourth-order valence-electron chi connectivity index (χ4n) is 1.47. The molecule has 0 aromatic heterocycles. The summed E-state index contributed by atoms with van der Waals surface area (Å²) in [5, 5.41) is 8.71. The average Bonchev–Trinajstić information content (AvgIpc) is 2.50. The summed E-state index contributed by atoms with van der Waals surface area (Å²) in [7, 11) is 0. The van der Waals surface area contributed by atoms with Gasteiger partial charge in [-0.25, -0.2) is 4.79 Å². The van der Waals surface area contributed by atoms with E-state index in [1.807, 2.05) is 0 Å². The van der Waals surface area contributed by atoms with Crippen LogP contribution in [0.5, 0.6) is 0 Å². The zero-order valence-corrected chi connectivity index (χ0v) is 7.32. The summed E-state index contributed by atoms with van der Waals surface area (Å²) in [4.78, 5) is 33.7. The van der Waals surface area contributed by atoms with E-state index < -0.39 is 23.7 Å². The van der Waals surface area contributed by atoms with Gasteiger partial charge in [0.15, 0.2) is 0 Å². The molecule has 13 heavy (non-hydrogen) atoms. The van der Waals surface area contributed by atoms with Gasteiger partial charge in [-0.05, 0) is 12.8 Å². The molecular formula is C8H11NO4.